The topological polar surface area (TPSA) is 15.3 Å². The van der Waals surface area contributed by atoms with Crippen LogP contribution in [0.1, 0.15) is 40.5 Å². The number of halogens is 1. The summed E-state index contributed by atoms with van der Waals surface area (Å²) < 4.78 is 14.0. The highest BCUT2D eigenvalue weighted by Crippen LogP contribution is 2.28. The maximum atomic E-state index is 14.0. The normalized spacial score (nSPS) is 14.1. The SMILES string of the molecule is CCCC(C)(CNCC)CN(CC)c1ccccc1F. The molecule has 0 spiro atoms. The predicted octanol–water partition coefficient (Wildman–Crippen LogP) is 4.07. The fourth-order valence-electron chi connectivity index (χ4n) is 2.79. The van der Waals surface area contributed by atoms with Crippen molar-refractivity contribution >= 4 is 5.69 Å². The minimum absolute atomic E-state index is 0.128. The number of hydrogen-bond donors (Lipinski definition) is 1. The maximum absolute atomic E-state index is 14.0. The van der Waals surface area contributed by atoms with Crippen LogP contribution in [0, 0.1) is 11.2 Å². The van der Waals surface area contributed by atoms with E-state index in [1.54, 1.807) is 12.1 Å². The zero-order valence-corrected chi connectivity index (χ0v) is 13.4. The highest BCUT2D eigenvalue weighted by atomic mass is 19.1. The minimum Gasteiger partial charge on any atom is -0.369 e. The molecule has 1 N–H and O–H groups in total. The van der Waals surface area contributed by atoms with Gasteiger partial charge in [0.25, 0.3) is 0 Å². The molecule has 0 aliphatic heterocycles. The lowest BCUT2D eigenvalue weighted by Crippen LogP contribution is -2.42. The van der Waals surface area contributed by atoms with Crippen LogP contribution in [0.15, 0.2) is 24.3 Å². The van der Waals surface area contributed by atoms with E-state index in [0.717, 1.165) is 39.0 Å². The quantitative estimate of drug-likeness (QED) is 0.733. The van der Waals surface area contributed by atoms with Crippen LogP contribution in [0.2, 0.25) is 0 Å². The molecule has 0 aromatic heterocycles. The van der Waals surface area contributed by atoms with Crippen molar-refractivity contribution in [3.63, 3.8) is 0 Å². The first-order chi connectivity index (χ1) is 9.56. The molecule has 20 heavy (non-hydrogen) atoms. The molecule has 0 saturated carbocycles. The third-order valence-corrected chi connectivity index (χ3v) is 3.80. The van der Waals surface area contributed by atoms with Gasteiger partial charge in [0.15, 0.2) is 0 Å². The molecule has 0 radical (unpaired) electrons. The van der Waals surface area contributed by atoms with Gasteiger partial charge in [-0.2, -0.15) is 0 Å². The van der Waals surface area contributed by atoms with Gasteiger partial charge in [0.05, 0.1) is 5.69 Å². The summed E-state index contributed by atoms with van der Waals surface area (Å²) in [5, 5.41) is 3.45. The van der Waals surface area contributed by atoms with Crippen molar-refractivity contribution in [2.75, 3.05) is 31.1 Å². The van der Waals surface area contributed by atoms with Gasteiger partial charge in [0, 0.05) is 19.6 Å². The zero-order valence-electron chi connectivity index (χ0n) is 13.4. The largest absolute Gasteiger partial charge is 0.369 e. The van der Waals surface area contributed by atoms with Crippen molar-refractivity contribution in [1.82, 2.24) is 5.32 Å². The van der Waals surface area contributed by atoms with Crippen molar-refractivity contribution in [1.29, 1.82) is 0 Å². The summed E-state index contributed by atoms with van der Waals surface area (Å²) in [6.45, 7) is 12.4. The van der Waals surface area contributed by atoms with Gasteiger partial charge in [0.2, 0.25) is 0 Å². The van der Waals surface area contributed by atoms with Gasteiger partial charge in [-0.05, 0) is 37.4 Å². The molecule has 1 atom stereocenters. The predicted molar refractivity (Wildman–Crippen MR) is 85.8 cm³/mol. The third kappa shape index (κ3) is 4.78. The number of benzene rings is 1. The fraction of sp³-hybridized carbons (Fsp3) is 0.647. The first-order valence-electron chi connectivity index (χ1n) is 7.76. The second kappa shape index (κ2) is 8.25. The minimum atomic E-state index is -0.128. The average molecular weight is 280 g/mol. The summed E-state index contributed by atoms with van der Waals surface area (Å²) >= 11 is 0. The highest BCUT2D eigenvalue weighted by Gasteiger charge is 2.26. The van der Waals surface area contributed by atoms with Crippen molar-refractivity contribution in [2.24, 2.45) is 5.41 Å². The summed E-state index contributed by atoms with van der Waals surface area (Å²) in [4.78, 5) is 2.16. The standard InChI is InChI=1S/C17H29FN2/c1-5-12-17(4,13-19-6-2)14-20(7-3)16-11-9-8-10-15(16)18/h8-11,19H,5-7,12-14H2,1-4H3. The first-order valence-corrected chi connectivity index (χ1v) is 7.76. The van der Waals surface area contributed by atoms with Crippen LogP contribution < -0.4 is 10.2 Å². The van der Waals surface area contributed by atoms with E-state index in [1.807, 2.05) is 12.1 Å². The molecule has 0 bridgehead atoms. The monoisotopic (exact) mass is 280 g/mol. The van der Waals surface area contributed by atoms with E-state index in [0.29, 0.717) is 5.69 Å². The Labute approximate surface area is 123 Å². The van der Waals surface area contributed by atoms with Gasteiger partial charge in [-0.3, -0.25) is 0 Å². The van der Waals surface area contributed by atoms with Gasteiger partial charge in [0.1, 0.15) is 5.82 Å². The Morgan fingerprint density at radius 1 is 1.20 bits per heavy atom. The summed E-state index contributed by atoms with van der Waals surface area (Å²) in [6, 6.07) is 7.07. The molecule has 0 saturated heterocycles. The van der Waals surface area contributed by atoms with E-state index in [9.17, 15) is 4.39 Å². The second-order valence-electron chi connectivity index (χ2n) is 5.81. The van der Waals surface area contributed by atoms with Crippen LogP contribution in [0.4, 0.5) is 10.1 Å². The van der Waals surface area contributed by atoms with E-state index in [2.05, 4.69) is 37.9 Å². The molecule has 1 rings (SSSR count). The van der Waals surface area contributed by atoms with Gasteiger partial charge < -0.3 is 10.2 Å². The van der Waals surface area contributed by atoms with Crippen molar-refractivity contribution in [3.8, 4) is 0 Å². The Morgan fingerprint density at radius 2 is 1.90 bits per heavy atom. The lowest BCUT2D eigenvalue weighted by atomic mass is 9.84. The molecule has 1 aromatic rings. The summed E-state index contributed by atoms with van der Waals surface area (Å²) in [5.41, 5.74) is 0.886. The van der Waals surface area contributed by atoms with Gasteiger partial charge >= 0.3 is 0 Å². The molecule has 114 valence electrons. The van der Waals surface area contributed by atoms with Crippen LogP contribution in [0.5, 0.6) is 0 Å². The van der Waals surface area contributed by atoms with E-state index in [4.69, 9.17) is 0 Å². The van der Waals surface area contributed by atoms with Gasteiger partial charge in [-0.25, -0.2) is 4.39 Å². The molecule has 2 nitrogen and oxygen atoms in total. The molecule has 0 heterocycles. The van der Waals surface area contributed by atoms with Crippen molar-refractivity contribution in [2.45, 2.75) is 40.5 Å². The highest BCUT2D eigenvalue weighted by molar-refractivity contribution is 5.47. The first kappa shape index (κ1) is 17.0. The Kier molecular flexibility index (Phi) is 7.00. The molecular formula is C17H29FN2. The van der Waals surface area contributed by atoms with E-state index < -0.39 is 0 Å². The Balaban J connectivity index is 2.86. The van der Waals surface area contributed by atoms with E-state index >= 15 is 0 Å². The Morgan fingerprint density at radius 3 is 2.45 bits per heavy atom. The number of nitrogens with zero attached hydrogens (tertiary/aromatic N) is 1. The fourth-order valence-corrected chi connectivity index (χ4v) is 2.79. The van der Waals surface area contributed by atoms with Crippen LogP contribution in [0.3, 0.4) is 0 Å². The maximum Gasteiger partial charge on any atom is 0.146 e. The number of nitrogens with one attached hydrogen (secondary N) is 1. The average Bonchev–Trinajstić information content (AvgIpc) is 2.44. The van der Waals surface area contributed by atoms with Crippen LogP contribution in [0.25, 0.3) is 0 Å². The molecular weight excluding hydrogens is 251 g/mol. The van der Waals surface area contributed by atoms with E-state index in [1.165, 1.54) is 0 Å². The number of hydrogen-bond acceptors (Lipinski definition) is 2. The third-order valence-electron chi connectivity index (χ3n) is 3.80. The lowest BCUT2D eigenvalue weighted by molar-refractivity contribution is 0.283. The molecule has 0 aliphatic rings. The molecule has 1 aromatic carbocycles. The number of para-hydroxylation sites is 1. The van der Waals surface area contributed by atoms with Gasteiger partial charge in [-0.1, -0.05) is 39.3 Å². The Hall–Kier alpha value is -1.09. The number of rotatable bonds is 9. The molecule has 3 heteroatoms. The van der Waals surface area contributed by atoms with Crippen LogP contribution in [-0.2, 0) is 0 Å². The molecule has 1 unspecified atom stereocenters. The van der Waals surface area contributed by atoms with Gasteiger partial charge in [-0.15, -0.1) is 0 Å². The summed E-state index contributed by atoms with van der Waals surface area (Å²) in [6.07, 6.45) is 2.29. The smallest absolute Gasteiger partial charge is 0.146 e. The van der Waals surface area contributed by atoms with Crippen molar-refractivity contribution in [3.05, 3.63) is 30.1 Å². The molecule has 0 aliphatic carbocycles. The molecule has 0 amide bonds. The Bertz CT molecular complexity index is 394. The summed E-state index contributed by atoms with van der Waals surface area (Å²) in [7, 11) is 0. The van der Waals surface area contributed by atoms with Crippen LogP contribution >= 0.6 is 0 Å². The van der Waals surface area contributed by atoms with Crippen molar-refractivity contribution < 1.29 is 4.39 Å². The lowest BCUT2D eigenvalue weighted by Gasteiger charge is -2.36. The summed E-state index contributed by atoms with van der Waals surface area (Å²) in [5.74, 6) is -0.128. The second-order valence-corrected chi connectivity index (χ2v) is 5.81. The van der Waals surface area contributed by atoms with E-state index in [-0.39, 0.29) is 11.2 Å². The number of anilines is 1. The molecule has 0 fully saturated rings. The zero-order chi connectivity index (χ0) is 15.0. The van der Waals surface area contributed by atoms with Crippen LogP contribution in [-0.4, -0.2) is 26.2 Å².